The average molecular weight is 294 g/mol. The summed E-state index contributed by atoms with van der Waals surface area (Å²) in [5.41, 5.74) is 6.99. The molecule has 1 aromatic rings. The molecule has 4 atom stereocenters. The van der Waals surface area contributed by atoms with E-state index in [1.807, 2.05) is 19.1 Å². The number of rotatable bonds is 5. The first-order valence-corrected chi connectivity index (χ1v) is 8.16. The molecule has 0 radical (unpaired) electrons. The Balaban J connectivity index is 1.57. The van der Waals surface area contributed by atoms with Gasteiger partial charge in [-0.15, -0.1) is 0 Å². The molecule has 20 heavy (non-hydrogen) atoms. The molecular formula is C17H24ClNO. The van der Waals surface area contributed by atoms with Gasteiger partial charge in [0.2, 0.25) is 0 Å². The van der Waals surface area contributed by atoms with Crippen molar-refractivity contribution in [3.63, 3.8) is 0 Å². The topological polar surface area (TPSA) is 35.2 Å². The van der Waals surface area contributed by atoms with Gasteiger partial charge in [-0.3, -0.25) is 0 Å². The Labute approximate surface area is 126 Å². The summed E-state index contributed by atoms with van der Waals surface area (Å²) in [7, 11) is 0. The standard InChI is InChI=1S/C17H24ClNO/c1-11(19)6-12-3-5-17(16(18)9-12)20-10-15-8-13-2-4-14(15)7-13/h3,5,9,11,13-15H,2,4,6-8,10,19H2,1H3. The van der Waals surface area contributed by atoms with Gasteiger partial charge < -0.3 is 10.5 Å². The second-order valence-corrected chi connectivity index (χ2v) is 7.10. The zero-order chi connectivity index (χ0) is 14.1. The quantitative estimate of drug-likeness (QED) is 0.889. The minimum Gasteiger partial charge on any atom is -0.492 e. The van der Waals surface area contributed by atoms with Gasteiger partial charge in [-0.1, -0.05) is 24.1 Å². The first kappa shape index (κ1) is 14.2. The lowest BCUT2D eigenvalue weighted by molar-refractivity contribution is 0.195. The van der Waals surface area contributed by atoms with E-state index in [1.165, 1.54) is 31.2 Å². The van der Waals surface area contributed by atoms with Crippen LogP contribution in [-0.4, -0.2) is 12.6 Å². The molecule has 2 bridgehead atoms. The lowest BCUT2D eigenvalue weighted by Gasteiger charge is -2.22. The Morgan fingerprint density at radius 2 is 2.20 bits per heavy atom. The van der Waals surface area contributed by atoms with Crippen LogP contribution < -0.4 is 10.5 Å². The number of nitrogens with two attached hydrogens (primary N) is 1. The van der Waals surface area contributed by atoms with Gasteiger partial charge in [-0.05, 0) is 68.1 Å². The average Bonchev–Trinajstić information content (AvgIpc) is 2.99. The number of hydrogen-bond acceptors (Lipinski definition) is 2. The van der Waals surface area contributed by atoms with Crippen molar-refractivity contribution >= 4 is 11.6 Å². The number of fused-ring (bicyclic) bond motifs is 2. The Kier molecular flexibility index (Phi) is 4.23. The van der Waals surface area contributed by atoms with E-state index in [0.29, 0.717) is 5.02 Å². The second-order valence-electron chi connectivity index (χ2n) is 6.69. The van der Waals surface area contributed by atoms with Gasteiger partial charge in [0, 0.05) is 6.04 Å². The molecule has 0 aliphatic heterocycles. The predicted molar refractivity (Wildman–Crippen MR) is 83.2 cm³/mol. The van der Waals surface area contributed by atoms with Crippen LogP contribution >= 0.6 is 11.6 Å². The molecule has 2 fully saturated rings. The van der Waals surface area contributed by atoms with Crippen molar-refractivity contribution in [2.24, 2.45) is 23.5 Å². The van der Waals surface area contributed by atoms with Crippen LogP contribution in [0.3, 0.4) is 0 Å². The van der Waals surface area contributed by atoms with E-state index in [-0.39, 0.29) is 6.04 Å². The van der Waals surface area contributed by atoms with E-state index in [4.69, 9.17) is 22.1 Å². The number of hydrogen-bond donors (Lipinski definition) is 1. The molecule has 0 heterocycles. The van der Waals surface area contributed by atoms with Gasteiger partial charge in [-0.2, -0.15) is 0 Å². The van der Waals surface area contributed by atoms with E-state index in [2.05, 4.69) is 6.07 Å². The summed E-state index contributed by atoms with van der Waals surface area (Å²) in [6.45, 7) is 2.83. The van der Waals surface area contributed by atoms with E-state index in [0.717, 1.165) is 36.5 Å². The van der Waals surface area contributed by atoms with Crippen molar-refractivity contribution in [3.05, 3.63) is 28.8 Å². The SMILES string of the molecule is CC(N)Cc1ccc(OCC2CC3CCC2C3)c(Cl)c1. The summed E-state index contributed by atoms with van der Waals surface area (Å²) in [4.78, 5) is 0. The minimum absolute atomic E-state index is 0.159. The molecule has 2 nitrogen and oxygen atoms in total. The van der Waals surface area contributed by atoms with Crippen molar-refractivity contribution in [2.45, 2.75) is 45.1 Å². The van der Waals surface area contributed by atoms with Crippen molar-refractivity contribution in [3.8, 4) is 5.75 Å². The molecule has 1 aromatic carbocycles. The van der Waals surface area contributed by atoms with E-state index in [1.54, 1.807) is 0 Å². The van der Waals surface area contributed by atoms with E-state index < -0.39 is 0 Å². The van der Waals surface area contributed by atoms with Crippen LogP contribution in [0.15, 0.2) is 18.2 Å². The number of benzene rings is 1. The second kappa shape index (κ2) is 5.95. The smallest absolute Gasteiger partial charge is 0.137 e. The fourth-order valence-electron chi connectivity index (χ4n) is 3.94. The van der Waals surface area contributed by atoms with Crippen LogP contribution in [0.4, 0.5) is 0 Å². The highest BCUT2D eigenvalue weighted by Gasteiger charge is 2.39. The first-order chi connectivity index (χ1) is 9.61. The van der Waals surface area contributed by atoms with Crippen LogP contribution in [-0.2, 0) is 6.42 Å². The maximum absolute atomic E-state index is 6.31. The van der Waals surface area contributed by atoms with Crippen molar-refractivity contribution in [1.29, 1.82) is 0 Å². The largest absolute Gasteiger partial charge is 0.492 e. The summed E-state index contributed by atoms with van der Waals surface area (Å²) in [6.07, 6.45) is 6.47. The molecule has 3 rings (SSSR count). The zero-order valence-electron chi connectivity index (χ0n) is 12.1. The predicted octanol–water partition coefficient (Wildman–Crippen LogP) is 4.04. The molecule has 2 saturated carbocycles. The van der Waals surface area contributed by atoms with E-state index in [9.17, 15) is 0 Å². The van der Waals surface area contributed by atoms with Crippen molar-refractivity contribution in [1.82, 2.24) is 0 Å². The molecule has 4 unspecified atom stereocenters. The molecule has 3 heteroatoms. The fourth-order valence-corrected chi connectivity index (χ4v) is 4.20. The first-order valence-electron chi connectivity index (χ1n) is 7.78. The highest BCUT2D eigenvalue weighted by Crippen LogP contribution is 2.48. The van der Waals surface area contributed by atoms with Gasteiger partial charge in [-0.25, -0.2) is 0 Å². The molecule has 0 amide bonds. The maximum atomic E-state index is 6.31. The molecule has 0 spiro atoms. The van der Waals surface area contributed by atoms with Crippen LogP contribution in [0.1, 0.15) is 38.2 Å². The molecule has 0 saturated heterocycles. The van der Waals surface area contributed by atoms with Gasteiger partial charge in [0.05, 0.1) is 11.6 Å². The number of ether oxygens (including phenoxy) is 1. The Morgan fingerprint density at radius 3 is 2.80 bits per heavy atom. The third-order valence-electron chi connectivity index (χ3n) is 4.89. The lowest BCUT2D eigenvalue weighted by Crippen LogP contribution is -2.19. The lowest BCUT2D eigenvalue weighted by atomic mass is 9.89. The monoisotopic (exact) mass is 293 g/mol. The summed E-state index contributed by atoms with van der Waals surface area (Å²) < 4.78 is 5.97. The molecule has 2 N–H and O–H groups in total. The molecular weight excluding hydrogens is 270 g/mol. The zero-order valence-corrected chi connectivity index (χ0v) is 12.9. The Hall–Kier alpha value is -0.730. The van der Waals surface area contributed by atoms with Crippen LogP contribution in [0.25, 0.3) is 0 Å². The van der Waals surface area contributed by atoms with Crippen molar-refractivity contribution < 1.29 is 4.74 Å². The highest BCUT2D eigenvalue weighted by atomic mass is 35.5. The van der Waals surface area contributed by atoms with Gasteiger partial charge in [0.25, 0.3) is 0 Å². The third-order valence-corrected chi connectivity index (χ3v) is 5.19. The van der Waals surface area contributed by atoms with Gasteiger partial charge >= 0.3 is 0 Å². The highest BCUT2D eigenvalue weighted by molar-refractivity contribution is 6.32. The summed E-state index contributed by atoms with van der Waals surface area (Å²) in [5.74, 6) is 3.44. The van der Waals surface area contributed by atoms with Gasteiger partial charge in [0.1, 0.15) is 5.75 Å². The van der Waals surface area contributed by atoms with Crippen LogP contribution in [0, 0.1) is 17.8 Å². The normalized spacial score (nSPS) is 29.6. The molecule has 110 valence electrons. The summed E-state index contributed by atoms with van der Waals surface area (Å²) >= 11 is 6.31. The maximum Gasteiger partial charge on any atom is 0.137 e. The van der Waals surface area contributed by atoms with Crippen LogP contribution in [0.5, 0.6) is 5.75 Å². The third kappa shape index (κ3) is 3.12. The summed E-state index contributed by atoms with van der Waals surface area (Å²) in [5, 5.41) is 0.714. The van der Waals surface area contributed by atoms with Gasteiger partial charge in [0.15, 0.2) is 0 Å². The summed E-state index contributed by atoms with van der Waals surface area (Å²) in [6, 6.07) is 6.21. The van der Waals surface area contributed by atoms with Crippen LogP contribution in [0.2, 0.25) is 5.02 Å². The molecule has 0 aromatic heterocycles. The number of halogens is 1. The van der Waals surface area contributed by atoms with Crippen molar-refractivity contribution in [2.75, 3.05) is 6.61 Å². The minimum atomic E-state index is 0.159. The Bertz CT molecular complexity index is 474. The molecule has 2 aliphatic rings. The Morgan fingerprint density at radius 1 is 1.35 bits per heavy atom. The fraction of sp³-hybridized carbons (Fsp3) is 0.647. The molecule has 2 aliphatic carbocycles. The van der Waals surface area contributed by atoms with E-state index >= 15 is 0 Å².